The Labute approximate surface area is 148 Å². The summed E-state index contributed by atoms with van der Waals surface area (Å²) in [4.78, 5) is 13.4. The van der Waals surface area contributed by atoms with Gasteiger partial charge >= 0.3 is 0 Å². The second-order valence-corrected chi connectivity index (χ2v) is 6.92. The lowest BCUT2D eigenvalue weighted by molar-refractivity contribution is 0.177. The number of aliphatic hydroxyl groups excluding tert-OH is 1. The maximum Gasteiger partial charge on any atom is 0.192 e. The molecule has 0 unspecified atom stereocenters. The van der Waals surface area contributed by atoms with E-state index >= 15 is 0 Å². The topological polar surface area (TPSA) is 103 Å². The summed E-state index contributed by atoms with van der Waals surface area (Å²) in [6.07, 6.45) is 4.99. The van der Waals surface area contributed by atoms with Crippen LogP contribution in [0.3, 0.4) is 0 Å². The summed E-state index contributed by atoms with van der Waals surface area (Å²) in [6.45, 7) is 1.82. The molecule has 3 heterocycles. The summed E-state index contributed by atoms with van der Waals surface area (Å²) in [5.74, 6) is 1.82. The van der Waals surface area contributed by atoms with E-state index in [1.54, 1.807) is 10.9 Å². The average molecular weight is 350 g/mol. The van der Waals surface area contributed by atoms with Crippen LogP contribution in [0.2, 0.25) is 0 Å². The number of rotatable bonds is 3. The third kappa shape index (κ3) is 2.62. The molecule has 4 aromatic rings. The Balaban J connectivity index is 1.53. The molecule has 0 aliphatic heterocycles. The van der Waals surface area contributed by atoms with Gasteiger partial charge in [-0.2, -0.15) is 4.68 Å². The highest BCUT2D eigenvalue weighted by molar-refractivity contribution is 5.77. The predicted molar refractivity (Wildman–Crippen MR) is 93.8 cm³/mol. The minimum absolute atomic E-state index is 0.187. The van der Waals surface area contributed by atoms with Crippen molar-refractivity contribution in [1.82, 2.24) is 29.9 Å². The molecule has 8 nitrogen and oxygen atoms in total. The lowest BCUT2D eigenvalue weighted by atomic mass is 10.0. The number of oxazole rings is 1. The smallest absolute Gasteiger partial charge is 0.192 e. The van der Waals surface area contributed by atoms with Gasteiger partial charge in [0.05, 0.1) is 18.0 Å². The van der Waals surface area contributed by atoms with Crippen LogP contribution in [0.25, 0.3) is 28.0 Å². The molecule has 0 bridgehead atoms. The summed E-state index contributed by atoms with van der Waals surface area (Å²) < 4.78 is 7.31. The van der Waals surface area contributed by atoms with Gasteiger partial charge < -0.3 is 9.52 Å². The van der Waals surface area contributed by atoms with Crippen molar-refractivity contribution >= 4 is 22.3 Å². The van der Waals surface area contributed by atoms with Gasteiger partial charge in [0, 0.05) is 19.4 Å². The average Bonchev–Trinajstić information content (AvgIpc) is 3.31. The molecule has 2 atom stereocenters. The zero-order valence-corrected chi connectivity index (χ0v) is 14.3. The fraction of sp³-hybridized carbons (Fsp3) is 0.389. The fourth-order valence-corrected chi connectivity index (χ4v) is 3.69. The Hall–Kier alpha value is -2.87. The largest absolute Gasteiger partial charge is 0.441 e. The number of nitrogens with zero attached hydrogens (tertiary/aromatic N) is 6. The minimum atomic E-state index is -0.187. The molecule has 1 saturated carbocycles. The quantitative estimate of drug-likeness (QED) is 0.605. The summed E-state index contributed by atoms with van der Waals surface area (Å²) in [7, 11) is 0. The van der Waals surface area contributed by atoms with Crippen LogP contribution in [-0.2, 0) is 6.42 Å². The Kier molecular flexibility index (Phi) is 3.46. The third-order valence-corrected chi connectivity index (χ3v) is 4.95. The molecule has 1 N–H and O–H groups in total. The first-order valence-electron chi connectivity index (χ1n) is 8.79. The van der Waals surface area contributed by atoms with Gasteiger partial charge in [0.25, 0.3) is 0 Å². The molecule has 26 heavy (non-hydrogen) atoms. The molecule has 3 aromatic heterocycles. The number of fused-ring (bicyclic) bond motifs is 2. The zero-order valence-electron chi connectivity index (χ0n) is 14.3. The SMILES string of the molecule is Cc1nc2ccc(-n3nnc4cnc(C[C@@H]5CC[C@@H](O)C5)nc43)cc2o1. The van der Waals surface area contributed by atoms with Crippen molar-refractivity contribution in [3.8, 4) is 5.69 Å². The van der Waals surface area contributed by atoms with Gasteiger partial charge in [0.15, 0.2) is 22.6 Å². The van der Waals surface area contributed by atoms with E-state index in [1.165, 1.54) is 0 Å². The van der Waals surface area contributed by atoms with Gasteiger partial charge in [-0.1, -0.05) is 5.21 Å². The van der Waals surface area contributed by atoms with E-state index in [9.17, 15) is 5.11 Å². The molecule has 0 radical (unpaired) electrons. The van der Waals surface area contributed by atoms with Crippen molar-refractivity contribution in [3.63, 3.8) is 0 Å². The Morgan fingerprint density at radius 3 is 3.00 bits per heavy atom. The van der Waals surface area contributed by atoms with Crippen LogP contribution in [0.15, 0.2) is 28.8 Å². The van der Waals surface area contributed by atoms with E-state index in [2.05, 4.69) is 25.3 Å². The van der Waals surface area contributed by atoms with E-state index < -0.39 is 0 Å². The monoisotopic (exact) mass is 350 g/mol. The first-order chi connectivity index (χ1) is 12.7. The van der Waals surface area contributed by atoms with E-state index in [-0.39, 0.29) is 6.10 Å². The molecule has 1 aliphatic rings. The predicted octanol–water partition coefficient (Wildman–Crippen LogP) is 2.36. The summed E-state index contributed by atoms with van der Waals surface area (Å²) >= 11 is 0. The van der Waals surface area contributed by atoms with Crippen molar-refractivity contribution in [1.29, 1.82) is 0 Å². The highest BCUT2D eigenvalue weighted by atomic mass is 16.3. The minimum Gasteiger partial charge on any atom is -0.441 e. The van der Waals surface area contributed by atoms with Crippen LogP contribution >= 0.6 is 0 Å². The Bertz CT molecular complexity index is 1100. The maximum atomic E-state index is 9.72. The molecule has 0 saturated heterocycles. The van der Waals surface area contributed by atoms with Gasteiger partial charge in [-0.3, -0.25) is 0 Å². The van der Waals surface area contributed by atoms with Crippen molar-refractivity contribution in [2.24, 2.45) is 5.92 Å². The molecule has 0 spiro atoms. The van der Waals surface area contributed by atoms with Gasteiger partial charge in [0.2, 0.25) is 0 Å². The Morgan fingerprint density at radius 1 is 1.23 bits per heavy atom. The number of hydrogen-bond donors (Lipinski definition) is 1. The molecule has 5 rings (SSSR count). The molecule has 1 fully saturated rings. The standard InChI is InChI=1S/C18H18N6O2/c1-10-20-14-5-3-12(8-16(14)26-10)24-18-15(22-23-24)9-19-17(21-18)7-11-2-4-13(25)6-11/h3,5,8-9,11,13,25H,2,4,6-7H2,1H3/t11-,13-/m1/s1. The third-order valence-electron chi connectivity index (χ3n) is 4.95. The van der Waals surface area contributed by atoms with Crippen LogP contribution in [0.5, 0.6) is 0 Å². The van der Waals surface area contributed by atoms with Crippen molar-refractivity contribution in [2.45, 2.75) is 38.7 Å². The lowest BCUT2D eigenvalue weighted by Gasteiger charge is -2.08. The number of aliphatic hydroxyl groups is 1. The van der Waals surface area contributed by atoms with Gasteiger partial charge in [0.1, 0.15) is 11.3 Å². The lowest BCUT2D eigenvalue weighted by Crippen LogP contribution is -2.07. The van der Waals surface area contributed by atoms with E-state index in [0.29, 0.717) is 28.6 Å². The van der Waals surface area contributed by atoms with Crippen LogP contribution in [0.4, 0.5) is 0 Å². The number of aryl methyl sites for hydroxylation is 1. The molecule has 0 amide bonds. The Morgan fingerprint density at radius 2 is 2.15 bits per heavy atom. The zero-order chi connectivity index (χ0) is 17.7. The second-order valence-electron chi connectivity index (χ2n) is 6.92. The number of aromatic nitrogens is 6. The van der Waals surface area contributed by atoms with Crippen molar-refractivity contribution < 1.29 is 9.52 Å². The fourth-order valence-electron chi connectivity index (χ4n) is 3.69. The number of benzene rings is 1. The maximum absolute atomic E-state index is 9.72. The molecule has 132 valence electrons. The van der Waals surface area contributed by atoms with Crippen LogP contribution in [0, 0.1) is 12.8 Å². The van der Waals surface area contributed by atoms with Gasteiger partial charge in [-0.05, 0) is 37.3 Å². The highest BCUT2D eigenvalue weighted by Gasteiger charge is 2.24. The van der Waals surface area contributed by atoms with Gasteiger partial charge in [-0.25, -0.2) is 15.0 Å². The normalized spacial score (nSPS) is 20.4. The molecule has 1 aromatic carbocycles. The van der Waals surface area contributed by atoms with E-state index in [0.717, 1.165) is 42.7 Å². The molecular formula is C18H18N6O2. The molecule has 8 heteroatoms. The molecule has 1 aliphatic carbocycles. The first kappa shape index (κ1) is 15.4. The van der Waals surface area contributed by atoms with E-state index in [1.807, 2.05) is 25.1 Å². The van der Waals surface area contributed by atoms with E-state index in [4.69, 9.17) is 4.42 Å². The highest BCUT2D eigenvalue weighted by Crippen LogP contribution is 2.28. The van der Waals surface area contributed by atoms with Crippen LogP contribution in [0.1, 0.15) is 31.0 Å². The van der Waals surface area contributed by atoms with Gasteiger partial charge in [-0.15, -0.1) is 5.10 Å². The summed E-state index contributed by atoms with van der Waals surface area (Å²) in [6, 6.07) is 5.71. The summed E-state index contributed by atoms with van der Waals surface area (Å²) in [5, 5.41) is 18.1. The summed E-state index contributed by atoms with van der Waals surface area (Å²) in [5.41, 5.74) is 3.65. The number of hydrogen-bond acceptors (Lipinski definition) is 7. The molecular weight excluding hydrogens is 332 g/mol. The van der Waals surface area contributed by atoms with Crippen LogP contribution in [-0.4, -0.2) is 41.2 Å². The van der Waals surface area contributed by atoms with Crippen molar-refractivity contribution in [2.75, 3.05) is 0 Å². The van der Waals surface area contributed by atoms with Crippen molar-refractivity contribution in [3.05, 3.63) is 36.1 Å². The van der Waals surface area contributed by atoms with Crippen LogP contribution < -0.4 is 0 Å². The first-order valence-corrected chi connectivity index (χ1v) is 8.79. The second kappa shape index (κ2) is 5.84.